The van der Waals surface area contributed by atoms with E-state index < -0.39 is 23.9 Å². The van der Waals surface area contributed by atoms with Gasteiger partial charge in [-0.2, -0.15) is 0 Å². The van der Waals surface area contributed by atoms with Crippen molar-refractivity contribution in [2.75, 3.05) is 6.54 Å². The van der Waals surface area contributed by atoms with E-state index in [1.807, 2.05) is 37.3 Å². The number of aromatic nitrogens is 3. The molecule has 10 nitrogen and oxygen atoms in total. The zero-order chi connectivity index (χ0) is 25.7. The summed E-state index contributed by atoms with van der Waals surface area (Å²) in [6, 6.07) is 9.75. The van der Waals surface area contributed by atoms with Gasteiger partial charge in [0.2, 0.25) is 11.8 Å². The fraction of sp³-hybridized carbons (Fsp3) is 0.423. The number of piperidine rings is 1. The van der Waals surface area contributed by atoms with Crippen LogP contribution >= 0.6 is 0 Å². The molecular weight excluding hydrogens is 460 g/mol. The number of hydrogen-bond acceptors (Lipinski definition) is 6. The van der Waals surface area contributed by atoms with Crippen molar-refractivity contribution in [1.82, 2.24) is 30.7 Å². The molecule has 4 rings (SSSR count). The topological polar surface area (TPSA) is 133 Å². The fourth-order valence-corrected chi connectivity index (χ4v) is 4.38. The summed E-state index contributed by atoms with van der Waals surface area (Å²) in [4.78, 5) is 48.6. The van der Waals surface area contributed by atoms with Crippen LogP contribution in [0.2, 0.25) is 0 Å². The predicted octanol–water partition coefficient (Wildman–Crippen LogP) is 3.14. The van der Waals surface area contributed by atoms with E-state index >= 15 is 0 Å². The summed E-state index contributed by atoms with van der Waals surface area (Å²) in [5.41, 5.74) is 1.85. The molecule has 3 heterocycles. The Balaban J connectivity index is 1.47. The molecule has 3 unspecified atom stereocenters. The number of hydrogen-bond donors (Lipinski definition) is 3. The maximum absolute atomic E-state index is 13.3. The second-order valence-electron chi connectivity index (χ2n) is 9.26. The summed E-state index contributed by atoms with van der Waals surface area (Å²) < 4.78 is 4.98. The number of imidazole rings is 1. The number of H-pyrrole nitrogens is 1. The predicted molar refractivity (Wildman–Crippen MR) is 133 cm³/mol. The summed E-state index contributed by atoms with van der Waals surface area (Å²) in [5.74, 6) is -0.193. The lowest BCUT2D eigenvalue weighted by molar-refractivity contribution is -0.137. The van der Waals surface area contributed by atoms with Crippen LogP contribution in [-0.4, -0.2) is 56.4 Å². The van der Waals surface area contributed by atoms with Gasteiger partial charge in [-0.25, -0.2) is 4.98 Å². The van der Waals surface area contributed by atoms with Gasteiger partial charge in [0.15, 0.2) is 5.69 Å². The van der Waals surface area contributed by atoms with E-state index in [4.69, 9.17) is 4.52 Å². The van der Waals surface area contributed by atoms with E-state index in [0.29, 0.717) is 18.1 Å². The molecule has 3 atom stereocenters. The Morgan fingerprint density at radius 3 is 2.67 bits per heavy atom. The average molecular weight is 493 g/mol. The molecule has 1 aliphatic heterocycles. The van der Waals surface area contributed by atoms with Crippen LogP contribution in [0.5, 0.6) is 0 Å². The average Bonchev–Trinajstić information content (AvgIpc) is 3.54. The van der Waals surface area contributed by atoms with Gasteiger partial charge in [-0.1, -0.05) is 35.5 Å². The second-order valence-corrected chi connectivity index (χ2v) is 9.26. The Morgan fingerprint density at radius 2 is 1.97 bits per heavy atom. The molecule has 10 heteroatoms. The molecule has 1 aromatic carbocycles. The molecule has 0 spiro atoms. The van der Waals surface area contributed by atoms with E-state index in [9.17, 15) is 14.4 Å². The molecule has 3 aromatic rings. The lowest BCUT2D eigenvalue weighted by Gasteiger charge is -2.34. The van der Waals surface area contributed by atoms with E-state index in [2.05, 4.69) is 25.8 Å². The largest absolute Gasteiger partial charge is 0.361 e. The molecular formula is C26H32N6O4. The number of amides is 3. The molecule has 0 radical (unpaired) electrons. The standard InChI is InChI=1S/C26H32N6O4/c1-16-9-7-8-12-32(16)23(33)14-20(30-26(35)21-13-17(2)36-31-21)25(34)28-18(3)24-27-15-22(29-24)19-10-5-4-6-11-19/h4-6,10-11,13,15-16,18,20H,7-9,12,14H2,1-3H3,(H,27,29)(H,28,34)(H,30,35). The van der Waals surface area contributed by atoms with Crippen molar-refractivity contribution < 1.29 is 18.9 Å². The number of nitrogens with one attached hydrogen (secondary N) is 3. The highest BCUT2D eigenvalue weighted by Crippen LogP contribution is 2.20. The lowest BCUT2D eigenvalue weighted by atomic mass is 10.0. The Hall–Kier alpha value is -3.95. The maximum atomic E-state index is 13.3. The van der Waals surface area contributed by atoms with E-state index in [0.717, 1.165) is 30.5 Å². The van der Waals surface area contributed by atoms with Crippen LogP contribution in [0, 0.1) is 6.92 Å². The third-order valence-electron chi connectivity index (χ3n) is 6.43. The Bertz CT molecular complexity index is 1200. The van der Waals surface area contributed by atoms with Crippen molar-refractivity contribution >= 4 is 17.7 Å². The number of carbonyl (C=O) groups is 3. The monoisotopic (exact) mass is 492 g/mol. The lowest BCUT2D eigenvalue weighted by Crippen LogP contribution is -2.51. The van der Waals surface area contributed by atoms with Crippen LogP contribution < -0.4 is 10.6 Å². The number of aromatic amines is 1. The molecule has 190 valence electrons. The Morgan fingerprint density at radius 1 is 1.19 bits per heavy atom. The summed E-state index contributed by atoms with van der Waals surface area (Å²) in [6.45, 7) is 6.12. The Kier molecular flexibility index (Phi) is 7.82. The number of aryl methyl sites for hydroxylation is 1. The molecule has 1 aliphatic rings. The number of likely N-dealkylation sites (tertiary alicyclic amines) is 1. The maximum Gasteiger partial charge on any atom is 0.274 e. The van der Waals surface area contributed by atoms with E-state index in [-0.39, 0.29) is 24.1 Å². The van der Waals surface area contributed by atoms with Crippen LogP contribution in [0.4, 0.5) is 0 Å². The number of carbonyl (C=O) groups excluding carboxylic acids is 3. The van der Waals surface area contributed by atoms with Gasteiger partial charge >= 0.3 is 0 Å². The fourth-order valence-electron chi connectivity index (χ4n) is 4.38. The SMILES string of the molecule is Cc1cc(C(=O)NC(CC(=O)N2CCCCC2C)C(=O)NC(C)c2ncc(-c3ccccc3)[nH]2)no1. The molecule has 0 bridgehead atoms. The van der Waals surface area contributed by atoms with Gasteiger partial charge < -0.3 is 25.0 Å². The first-order chi connectivity index (χ1) is 17.3. The first-order valence-electron chi connectivity index (χ1n) is 12.3. The minimum absolute atomic E-state index is 0.0516. The molecule has 1 fully saturated rings. The molecule has 0 saturated carbocycles. The summed E-state index contributed by atoms with van der Waals surface area (Å²) in [6.07, 6.45) is 4.48. The third-order valence-corrected chi connectivity index (χ3v) is 6.43. The zero-order valence-electron chi connectivity index (χ0n) is 20.8. The van der Waals surface area contributed by atoms with Crippen molar-refractivity contribution in [3.05, 3.63) is 59.9 Å². The normalized spacial score (nSPS) is 17.3. The first kappa shape index (κ1) is 25.2. The van der Waals surface area contributed by atoms with Crippen molar-refractivity contribution in [2.45, 2.75) is 64.6 Å². The van der Waals surface area contributed by atoms with Gasteiger partial charge in [0.05, 0.1) is 24.4 Å². The van der Waals surface area contributed by atoms with Crippen molar-refractivity contribution in [2.24, 2.45) is 0 Å². The molecule has 36 heavy (non-hydrogen) atoms. The van der Waals surface area contributed by atoms with E-state index in [1.165, 1.54) is 6.07 Å². The summed E-state index contributed by atoms with van der Waals surface area (Å²) in [5, 5.41) is 9.27. The van der Waals surface area contributed by atoms with Gasteiger partial charge in [-0.3, -0.25) is 14.4 Å². The highest BCUT2D eigenvalue weighted by Gasteiger charge is 2.31. The second kappa shape index (κ2) is 11.2. The van der Waals surface area contributed by atoms with Gasteiger partial charge in [0.1, 0.15) is 17.6 Å². The highest BCUT2D eigenvalue weighted by atomic mass is 16.5. The smallest absolute Gasteiger partial charge is 0.274 e. The molecule has 1 saturated heterocycles. The number of nitrogens with zero attached hydrogens (tertiary/aromatic N) is 3. The van der Waals surface area contributed by atoms with Crippen LogP contribution in [-0.2, 0) is 9.59 Å². The highest BCUT2D eigenvalue weighted by molar-refractivity contribution is 5.97. The van der Waals surface area contributed by atoms with Crippen LogP contribution in [0.1, 0.15) is 67.6 Å². The van der Waals surface area contributed by atoms with Gasteiger partial charge in [-0.05, 0) is 45.6 Å². The van der Waals surface area contributed by atoms with Gasteiger partial charge in [0, 0.05) is 18.7 Å². The van der Waals surface area contributed by atoms with Gasteiger partial charge in [-0.15, -0.1) is 0 Å². The van der Waals surface area contributed by atoms with Crippen LogP contribution in [0.3, 0.4) is 0 Å². The number of rotatable bonds is 8. The molecule has 0 aliphatic carbocycles. The number of benzene rings is 1. The Labute approximate surface area is 209 Å². The van der Waals surface area contributed by atoms with Crippen LogP contribution in [0.25, 0.3) is 11.3 Å². The first-order valence-corrected chi connectivity index (χ1v) is 12.3. The minimum atomic E-state index is -1.08. The zero-order valence-corrected chi connectivity index (χ0v) is 20.8. The van der Waals surface area contributed by atoms with Crippen molar-refractivity contribution in [3.63, 3.8) is 0 Å². The van der Waals surface area contributed by atoms with Crippen molar-refractivity contribution in [1.29, 1.82) is 0 Å². The minimum Gasteiger partial charge on any atom is -0.361 e. The molecule has 2 aromatic heterocycles. The van der Waals surface area contributed by atoms with E-state index in [1.54, 1.807) is 24.9 Å². The molecule has 3 amide bonds. The summed E-state index contributed by atoms with van der Waals surface area (Å²) >= 11 is 0. The third kappa shape index (κ3) is 5.99. The summed E-state index contributed by atoms with van der Waals surface area (Å²) in [7, 11) is 0. The molecule has 3 N–H and O–H groups in total. The van der Waals surface area contributed by atoms with Gasteiger partial charge in [0.25, 0.3) is 5.91 Å². The van der Waals surface area contributed by atoms with Crippen molar-refractivity contribution in [3.8, 4) is 11.3 Å². The van der Waals surface area contributed by atoms with Crippen LogP contribution in [0.15, 0.2) is 47.1 Å². The quantitative estimate of drug-likeness (QED) is 0.442.